The molecular weight excluding hydrogens is 331 g/mol. The van der Waals surface area contributed by atoms with Gasteiger partial charge >= 0.3 is 0 Å². The Morgan fingerprint density at radius 3 is 2.77 bits per heavy atom. The molecule has 1 aliphatic rings. The van der Waals surface area contributed by atoms with Gasteiger partial charge in [0, 0.05) is 17.7 Å². The van der Waals surface area contributed by atoms with Crippen LogP contribution in [0.4, 0.5) is 10.2 Å². The van der Waals surface area contributed by atoms with Gasteiger partial charge < -0.3 is 10.6 Å². The van der Waals surface area contributed by atoms with Crippen LogP contribution < -0.4 is 10.6 Å². The standard InChI is InChI=1S/C20H21FN4O/c1-3-13(2)18-11-24-19(12-23-18)25-20(26)15-4-5-16(17(21)10-15)14-6-8-22-9-7-14/h3-6,10-12,22H,7-9H2,1-2H3,(H,24,25,26)/b13-3+. The maximum Gasteiger partial charge on any atom is 0.256 e. The zero-order chi connectivity index (χ0) is 18.5. The number of allylic oxidation sites excluding steroid dienone is 2. The third-order valence-electron chi connectivity index (χ3n) is 4.37. The van der Waals surface area contributed by atoms with Gasteiger partial charge in [0.25, 0.3) is 5.91 Å². The number of benzene rings is 1. The molecule has 0 radical (unpaired) electrons. The van der Waals surface area contributed by atoms with Crippen LogP contribution in [0.5, 0.6) is 0 Å². The molecule has 0 atom stereocenters. The molecule has 26 heavy (non-hydrogen) atoms. The molecule has 0 fully saturated rings. The molecule has 0 bridgehead atoms. The van der Waals surface area contributed by atoms with E-state index in [0.717, 1.165) is 36.4 Å². The number of amides is 1. The first kappa shape index (κ1) is 17.9. The average Bonchev–Trinajstić information content (AvgIpc) is 2.68. The van der Waals surface area contributed by atoms with Crippen molar-refractivity contribution in [1.29, 1.82) is 0 Å². The molecule has 0 unspecified atom stereocenters. The van der Waals surface area contributed by atoms with Gasteiger partial charge in [-0.1, -0.05) is 18.2 Å². The summed E-state index contributed by atoms with van der Waals surface area (Å²) in [6.45, 7) is 5.42. The molecule has 0 aliphatic carbocycles. The topological polar surface area (TPSA) is 66.9 Å². The van der Waals surface area contributed by atoms with Crippen LogP contribution in [0.25, 0.3) is 11.1 Å². The third kappa shape index (κ3) is 4.03. The highest BCUT2D eigenvalue weighted by molar-refractivity contribution is 6.03. The first-order valence-corrected chi connectivity index (χ1v) is 8.55. The summed E-state index contributed by atoms with van der Waals surface area (Å²) in [5.74, 6) is -0.483. The number of halogens is 1. The van der Waals surface area contributed by atoms with E-state index in [2.05, 4.69) is 20.6 Å². The van der Waals surface area contributed by atoms with Gasteiger partial charge in [0.15, 0.2) is 5.82 Å². The Bertz CT molecular complexity index is 872. The summed E-state index contributed by atoms with van der Waals surface area (Å²) in [6, 6.07) is 4.55. The van der Waals surface area contributed by atoms with Gasteiger partial charge in [-0.25, -0.2) is 9.37 Å². The van der Waals surface area contributed by atoms with Gasteiger partial charge in [0.1, 0.15) is 5.82 Å². The molecule has 1 amide bonds. The minimum Gasteiger partial charge on any atom is -0.313 e. The Hall–Kier alpha value is -2.86. The van der Waals surface area contributed by atoms with Crippen LogP contribution in [0.2, 0.25) is 0 Å². The number of carbonyl (C=O) groups excluding carboxylic acids is 1. The number of carbonyl (C=O) groups is 1. The quantitative estimate of drug-likeness (QED) is 0.881. The summed E-state index contributed by atoms with van der Waals surface area (Å²) in [4.78, 5) is 20.8. The summed E-state index contributed by atoms with van der Waals surface area (Å²) in [6.07, 6.45) is 7.77. The van der Waals surface area contributed by atoms with Crippen LogP contribution in [0.3, 0.4) is 0 Å². The van der Waals surface area contributed by atoms with Gasteiger partial charge in [-0.05, 0) is 50.1 Å². The SMILES string of the molecule is C/C=C(\C)c1cnc(NC(=O)c2ccc(C3=CCNCC3)c(F)c2)cn1. The fourth-order valence-corrected chi connectivity index (χ4v) is 2.72. The molecule has 5 nitrogen and oxygen atoms in total. The maximum atomic E-state index is 14.4. The third-order valence-corrected chi connectivity index (χ3v) is 4.37. The summed E-state index contributed by atoms with van der Waals surface area (Å²) < 4.78 is 14.4. The molecule has 2 aromatic rings. The normalized spacial score (nSPS) is 14.7. The van der Waals surface area contributed by atoms with Gasteiger partial charge in [0.05, 0.1) is 18.1 Å². The molecule has 1 aromatic carbocycles. The van der Waals surface area contributed by atoms with Crippen LogP contribution in [0.15, 0.2) is 42.7 Å². The smallest absolute Gasteiger partial charge is 0.256 e. The Labute approximate surface area is 152 Å². The molecule has 1 aromatic heterocycles. The van der Waals surface area contributed by atoms with Crippen molar-refractivity contribution in [3.05, 3.63) is 65.4 Å². The number of aromatic nitrogens is 2. The van der Waals surface area contributed by atoms with Gasteiger partial charge in [-0.3, -0.25) is 9.78 Å². The van der Waals surface area contributed by atoms with E-state index in [0.29, 0.717) is 11.4 Å². The highest BCUT2D eigenvalue weighted by atomic mass is 19.1. The summed E-state index contributed by atoms with van der Waals surface area (Å²) in [5.41, 5.74) is 3.51. The fraction of sp³-hybridized carbons (Fsp3) is 0.250. The van der Waals surface area contributed by atoms with Gasteiger partial charge in [-0.2, -0.15) is 0 Å². The van der Waals surface area contributed by atoms with E-state index in [1.165, 1.54) is 12.3 Å². The minimum atomic E-state index is -0.417. The second kappa shape index (κ2) is 8.01. The van der Waals surface area contributed by atoms with E-state index in [4.69, 9.17) is 0 Å². The Kier molecular flexibility index (Phi) is 5.53. The van der Waals surface area contributed by atoms with Crippen molar-refractivity contribution >= 4 is 22.9 Å². The summed E-state index contributed by atoms with van der Waals surface area (Å²) in [7, 11) is 0. The lowest BCUT2D eigenvalue weighted by molar-refractivity contribution is 0.102. The second-order valence-electron chi connectivity index (χ2n) is 6.09. The van der Waals surface area contributed by atoms with Crippen molar-refractivity contribution in [3.63, 3.8) is 0 Å². The summed E-state index contributed by atoms with van der Waals surface area (Å²) in [5, 5.41) is 5.84. The highest BCUT2D eigenvalue weighted by Gasteiger charge is 2.14. The van der Waals surface area contributed by atoms with E-state index in [1.54, 1.807) is 18.3 Å². The molecule has 1 aliphatic heterocycles. The second-order valence-corrected chi connectivity index (χ2v) is 6.09. The van der Waals surface area contributed by atoms with Crippen molar-refractivity contribution in [1.82, 2.24) is 15.3 Å². The van der Waals surface area contributed by atoms with Crippen LogP contribution >= 0.6 is 0 Å². The lowest BCUT2D eigenvalue weighted by atomic mass is 9.98. The van der Waals surface area contributed by atoms with Crippen LogP contribution in [0.1, 0.15) is 41.9 Å². The first-order valence-electron chi connectivity index (χ1n) is 8.55. The maximum absolute atomic E-state index is 14.4. The molecule has 6 heteroatoms. The number of hydrogen-bond donors (Lipinski definition) is 2. The van der Waals surface area contributed by atoms with E-state index in [1.807, 2.05) is 26.0 Å². The number of hydrogen-bond acceptors (Lipinski definition) is 4. The molecule has 2 heterocycles. The number of anilines is 1. The average molecular weight is 352 g/mol. The predicted octanol–water partition coefficient (Wildman–Crippen LogP) is 3.67. The van der Waals surface area contributed by atoms with E-state index < -0.39 is 11.7 Å². The molecule has 0 saturated carbocycles. The van der Waals surface area contributed by atoms with Gasteiger partial charge in [0.2, 0.25) is 0 Å². The summed E-state index contributed by atoms with van der Waals surface area (Å²) >= 11 is 0. The Morgan fingerprint density at radius 2 is 2.15 bits per heavy atom. The van der Waals surface area contributed by atoms with Crippen LogP contribution in [0, 0.1) is 5.82 Å². The predicted molar refractivity (Wildman–Crippen MR) is 101 cm³/mol. The first-order chi connectivity index (χ1) is 12.6. The van der Waals surface area contributed by atoms with E-state index >= 15 is 0 Å². The zero-order valence-electron chi connectivity index (χ0n) is 14.8. The Balaban J connectivity index is 1.74. The molecule has 2 N–H and O–H groups in total. The zero-order valence-corrected chi connectivity index (χ0v) is 14.8. The van der Waals surface area contributed by atoms with Crippen molar-refractivity contribution in [2.45, 2.75) is 20.3 Å². The van der Waals surface area contributed by atoms with Gasteiger partial charge in [-0.15, -0.1) is 0 Å². The highest BCUT2D eigenvalue weighted by Crippen LogP contribution is 2.23. The lowest BCUT2D eigenvalue weighted by Gasteiger charge is -2.15. The number of rotatable bonds is 4. The molecule has 3 rings (SSSR count). The molecule has 0 saturated heterocycles. The largest absolute Gasteiger partial charge is 0.313 e. The van der Waals surface area contributed by atoms with E-state index in [-0.39, 0.29) is 5.56 Å². The molecule has 134 valence electrons. The fourth-order valence-electron chi connectivity index (χ4n) is 2.72. The Morgan fingerprint density at radius 1 is 1.31 bits per heavy atom. The van der Waals surface area contributed by atoms with Crippen LogP contribution in [-0.4, -0.2) is 29.0 Å². The molecule has 0 spiro atoms. The van der Waals surface area contributed by atoms with Crippen molar-refractivity contribution in [2.75, 3.05) is 18.4 Å². The van der Waals surface area contributed by atoms with E-state index in [9.17, 15) is 9.18 Å². The monoisotopic (exact) mass is 352 g/mol. The molecular formula is C20H21FN4O. The lowest BCUT2D eigenvalue weighted by Crippen LogP contribution is -2.20. The van der Waals surface area contributed by atoms with Crippen molar-refractivity contribution in [2.24, 2.45) is 0 Å². The van der Waals surface area contributed by atoms with Crippen molar-refractivity contribution in [3.8, 4) is 0 Å². The van der Waals surface area contributed by atoms with Crippen LogP contribution in [-0.2, 0) is 0 Å². The minimum absolute atomic E-state index is 0.247. The number of nitrogens with zero attached hydrogens (tertiary/aromatic N) is 2. The van der Waals surface area contributed by atoms with Crippen molar-refractivity contribution < 1.29 is 9.18 Å². The number of nitrogens with one attached hydrogen (secondary N) is 2.